The SMILES string of the molecule is NCc1coc(-c2c(F)cc(F)cc2F)n1. The molecule has 0 aliphatic heterocycles. The Morgan fingerprint density at radius 3 is 2.31 bits per heavy atom. The van der Waals surface area contributed by atoms with E-state index in [-0.39, 0.29) is 12.4 Å². The van der Waals surface area contributed by atoms with Crippen LogP contribution in [0.1, 0.15) is 5.69 Å². The minimum Gasteiger partial charge on any atom is -0.444 e. The van der Waals surface area contributed by atoms with Gasteiger partial charge in [0.1, 0.15) is 29.3 Å². The predicted molar refractivity (Wildman–Crippen MR) is 49.7 cm³/mol. The highest BCUT2D eigenvalue weighted by atomic mass is 19.1. The number of nitrogens with two attached hydrogens (primary N) is 1. The maximum atomic E-state index is 13.3. The van der Waals surface area contributed by atoms with Crippen LogP contribution in [0.15, 0.2) is 22.8 Å². The second-order valence-electron chi connectivity index (χ2n) is 3.09. The lowest BCUT2D eigenvalue weighted by Crippen LogP contribution is -1.97. The third kappa shape index (κ3) is 1.79. The standard InChI is InChI=1S/C10H7F3N2O/c11-5-1-7(12)9(8(13)2-5)10-15-6(3-14)4-16-10/h1-2,4H,3,14H2. The fourth-order valence-corrected chi connectivity index (χ4v) is 1.26. The zero-order chi connectivity index (χ0) is 11.7. The van der Waals surface area contributed by atoms with Crippen molar-refractivity contribution in [2.75, 3.05) is 0 Å². The lowest BCUT2D eigenvalue weighted by Gasteiger charge is -2.00. The van der Waals surface area contributed by atoms with Crippen LogP contribution in [-0.2, 0) is 6.54 Å². The fraction of sp³-hybridized carbons (Fsp3) is 0.100. The van der Waals surface area contributed by atoms with E-state index in [1.54, 1.807) is 0 Å². The third-order valence-electron chi connectivity index (χ3n) is 1.98. The summed E-state index contributed by atoms with van der Waals surface area (Å²) in [6.45, 7) is 0.0912. The van der Waals surface area contributed by atoms with E-state index < -0.39 is 23.0 Å². The number of hydrogen-bond acceptors (Lipinski definition) is 3. The molecule has 2 rings (SSSR count). The Morgan fingerprint density at radius 2 is 1.81 bits per heavy atom. The molecule has 6 heteroatoms. The molecule has 2 aromatic rings. The molecule has 0 fully saturated rings. The van der Waals surface area contributed by atoms with Crippen LogP contribution in [0.5, 0.6) is 0 Å². The first-order valence-corrected chi connectivity index (χ1v) is 4.41. The molecular formula is C10H7F3N2O. The number of nitrogens with zero attached hydrogens (tertiary/aromatic N) is 1. The van der Waals surface area contributed by atoms with E-state index >= 15 is 0 Å². The number of halogens is 3. The first-order valence-electron chi connectivity index (χ1n) is 4.41. The van der Waals surface area contributed by atoms with Gasteiger partial charge in [-0.1, -0.05) is 0 Å². The van der Waals surface area contributed by atoms with Gasteiger partial charge < -0.3 is 10.2 Å². The van der Waals surface area contributed by atoms with Crippen molar-refractivity contribution in [1.29, 1.82) is 0 Å². The molecule has 0 unspecified atom stereocenters. The summed E-state index contributed by atoms with van der Waals surface area (Å²) in [6.07, 6.45) is 1.19. The van der Waals surface area contributed by atoms with E-state index in [0.29, 0.717) is 17.8 Å². The Balaban J connectivity index is 2.55. The van der Waals surface area contributed by atoms with Crippen molar-refractivity contribution in [2.24, 2.45) is 5.73 Å². The molecule has 1 aromatic heterocycles. The molecule has 0 aliphatic rings. The molecule has 0 saturated carbocycles. The first kappa shape index (κ1) is 10.7. The highest BCUT2D eigenvalue weighted by molar-refractivity contribution is 5.55. The van der Waals surface area contributed by atoms with E-state index in [2.05, 4.69) is 4.98 Å². The second-order valence-corrected chi connectivity index (χ2v) is 3.09. The zero-order valence-corrected chi connectivity index (χ0v) is 8.01. The van der Waals surface area contributed by atoms with E-state index in [9.17, 15) is 13.2 Å². The molecule has 2 N–H and O–H groups in total. The molecule has 0 atom stereocenters. The molecular weight excluding hydrogens is 221 g/mol. The van der Waals surface area contributed by atoms with Crippen LogP contribution >= 0.6 is 0 Å². The highest BCUT2D eigenvalue weighted by Crippen LogP contribution is 2.26. The van der Waals surface area contributed by atoms with Crippen molar-refractivity contribution in [3.05, 3.63) is 41.5 Å². The molecule has 0 amide bonds. The van der Waals surface area contributed by atoms with Crippen LogP contribution in [-0.4, -0.2) is 4.98 Å². The highest BCUT2D eigenvalue weighted by Gasteiger charge is 2.18. The molecule has 0 bridgehead atoms. The Bertz CT molecular complexity index is 502. The van der Waals surface area contributed by atoms with Crippen molar-refractivity contribution >= 4 is 0 Å². The maximum absolute atomic E-state index is 13.3. The molecule has 0 aliphatic carbocycles. The van der Waals surface area contributed by atoms with Crippen LogP contribution in [0.3, 0.4) is 0 Å². The first-order chi connectivity index (χ1) is 7.61. The van der Waals surface area contributed by atoms with Crippen molar-refractivity contribution in [1.82, 2.24) is 4.98 Å². The molecule has 84 valence electrons. The van der Waals surface area contributed by atoms with Gasteiger partial charge in [0.15, 0.2) is 0 Å². The van der Waals surface area contributed by atoms with Crippen LogP contribution in [0, 0.1) is 17.5 Å². The summed E-state index contributed by atoms with van der Waals surface area (Å²) in [5, 5.41) is 0. The van der Waals surface area contributed by atoms with E-state index in [1.165, 1.54) is 6.26 Å². The smallest absolute Gasteiger partial charge is 0.232 e. The minimum absolute atomic E-state index is 0.0912. The molecule has 0 spiro atoms. The Kier molecular flexibility index (Phi) is 2.66. The van der Waals surface area contributed by atoms with Gasteiger partial charge >= 0.3 is 0 Å². The number of rotatable bonds is 2. The van der Waals surface area contributed by atoms with Gasteiger partial charge in [-0.15, -0.1) is 0 Å². The number of oxazole rings is 1. The van der Waals surface area contributed by atoms with Crippen LogP contribution in [0.25, 0.3) is 11.5 Å². The van der Waals surface area contributed by atoms with Crippen molar-refractivity contribution in [3.63, 3.8) is 0 Å². The number of hydrogen-bond donors (Lipinski definition) is 1. The Labute approximate surface area is 88.7 Å². The quantitative estimate of drug-likeness (QED) is 0.857. The summed E-state index contributed by atoms with van der Waals surface area (Å²) in [6, 6.07) is 1.12. The summed E-state index contributed by atoms with van der Waals surface area (Å²) >= 11 is 0. The lowest BCUT2D eigenvalue weighted by molar-refractivity contribution is 0.524. The molecule has 1 aromatic carbocycles. The summed E-state index contributed by atoms with van der Waals surface area (Å²) in [5.41, 5.74) is 5.13. The summed E-state index contributed by atoms with van der Waals surface area (Å²) in [4.78, 5) is 3.76. The third-order valence-corrected chi connectivity index (χ3v) is 1.98. The maximum Gasteiger partial charge on any atom is 0.232 e. The second kappa shape index (κ2) is 3.97. The topological polar surface area (TPSA) is 52.0 Å². The van der Waals surface area contributed by atoms with Gasteiger partial charge in [0.2, 0.25) is 5.89 Å². The van der Waals surface area contributed by atoms with Crippen molar-refractivity contribution in [2.45, 2.75) is 6.54 Å². The number of benzene rings is 1. The Hall–Kier alpha value is -1.82. The van der Waals surface area contributed by atoms with Gasteiger partial charge in [0.25, 0.3) is 0 Å². The average molecular weight is 228 g/mol. The zero-order valence-electron chi connectivity index (χ0n) is 8.01. The normalized spacial score (nSPS) is 10.8. The van der Waals surface area contributed by atoms with Crippen molar-refractivity contribution in [3.8, 4) is 11.5 Å². The molecule has 16 heavy (non-hydrogen) atoms. The van der Waals surface area contributed by atoms with Crippen molar-refractivity contribution < 1.29 is 17.6 Å². The van der Waals surface area contributed by atoms with Gasteiger partial charge in [-0.25, -0.2) is 18.2 Å². The van der Waals surface area contributed by atoms with Gasteiger partial charge in [-0.2, -0.15) is 0 Å². The molecule has 0 saturated heterocycles. The van der Waals surface area contributed by atoms with Gasteiger partial charge in [-0.3, -0.25) is 0 Å². The predicted octanol–water partition coefficient (Wildman–Crippen LogP) is 2.22. The van der Waals surface area contributed by atoms with Crippen LogP contribution in [0.2, 0.25) is 0 Å². The largest absolute Gasteiger partial charge is 0.444 e. The average Bonchev–Trinajstić information content (AvgIpc) is 2.64. The van der Waals surface area contributed by atoms with Gasteiger partial charge in [-0.05, 0) is 0 Å². The van der Waals surface area contributed by atoms with E-state index in [4.69, 9.17) is 10.2 Å². The lowest BCUT2D eigenvalue weighted by atomic mass is 10.2. The summed E-state index contributed by atoms with van der Waals surface area (Å²) in [7, 11) is 0. The van der Waals surface area contributed by atoms with Gasteiger partial charge in [0.05, 0.1) is 5.69 Å². The van der Waals surface area contributed by atoms with Crippen LogP contribution < -0.4 is 5.73 Å². The van der Waals surface area contributed by atoms with Gasteiger partial charge in [0, 0.05) is 18.7 Å². The monoisotopic (exact) mass is 228 g/mol. The Morgan fingerprint density at radius 1 is 1.19 bits per heavy atom. The fourth-order valence-electron chi connectivity index (χ4n) is 1.26. The molecule has 0 radical (unpaired) electrons. The summed E-state index contributed by atoms with van der Waals surface area (Å²) < 4.78 is 44.1. The number of aromatic nitrogens is 1. The van der Waals surface area contributed by atoms with E-state index in [1.807, 2.05) is 0 Å². The van der Waals surface area contributed by atoms with E-state index in [0.717, 1.165) is 0 Å². The molecule has 1 heterocycles. The summed E-state index contributed by atoms with van der Waals surface area (Å²) in [5.74, 6) is -3.38. The minimum atomic E-state index is -1.07. The molecule has 3 nitrogen and oxygen atoms in total. The van der Waals surface area contributed by atoms with Crippen LogP contribution in [0.4, 0.5) is 13.2 Å².